The maximum absolute atomic E-state index is 5.76. The summed E-state index contributed by atoms with van der Waals surface area (Å²) in [7, 11) is -1.66. The molecule has 17 heavy (non-hydrogen) atoms. The lowest BCUT2D eigenvalue weighted by Crippen LogP contribution is -2.25. The Balaban J connectivity index is 2.83. The molecule has 0 aliphatic heterocycles. The van der Waals surface area contributed by atoms with Crippen molar-refractivity contribution in [3.63, 3.8) is 0 Å². The molecule has 3 heteroatoms. The van der Waals surface area contributed by atoms with E-state index in [0.717, 1.165) is 19.6 Å². The molecule has 0 amide bonds. The summed E-state index contributed by atoms with van der Waals surface area (Å²) in [6.07, 6.45) is 3.20. The lowest BCUT2D eigenvalue weighted by Gasteiger charge is -2.17. The van der Waals surface area contributed by atoms with Gasteiger partial charge in [0, 0.05) is 13.2 Å². The average Bonchev–Trinajstić information content (AvgIpc) is 2.37. The summed E-state index contributed by atoms with van der Waals surface area (Å²) in [6, 6.07) is 10.4. The summed E-state index contributed by atoms with van der Waals surface area (Å²) in [5, 5.41) is 1.32. The van der Waals surface area contributed by atoms with Gasteiger partial charge in [0.15, 0.2) is 0 Å². The summed E-state index contributed by atoms with van der Waals surface area (Å²) in [5.74, 6) is 0. The average molecular weight is 250 g/mol. The van der Waals surface area contributed by atoms with Crippen molar-refractivity contribution in [3.05, 3.63) is 41.1 Å². The molecule has 0 heterocycles. The molecule has 94 valence electrons. The lowest BCUT2D eigenvalue weighted by molar-refractivity contribution is 0.221. The molecule has 0 saturated heterocycles. The van der Waals surface area contributed by atoms with E-state index in [0.29, 0.717) is 0 Å². The van der Waals surface area contributed by atoms with E-state index in [4.69, 9.17) is 8.85 Å². The molecule has 0 fully saturated rings. The van der Waals surface area contributed by atoms with Gasteiger partial charge in [0.1, 0.15) is 0 Å². The van der Waals surface area contributed by atoms with Crippen molar-refractivity contribution >= 4 is 15.4 Å². The minimum absolute atomic E-state index is 0.725. The quantitative estimate of drug-likeness (QED) is 0.691. The highest BCUT2D eigenvalue weighted by molar-refractivity contribution is 6.54. The summed E-state index contributed by atoms with van der Waals surface area (Å²) in [6.45, 7) is 7.66. The maximum atomic E-state index is 5.76. The van der Waals surface area contributed by atoms with E-state index in [2.05, 4.69) is 37.3 Å². The molecule has 0 atom stereocenters. The van der Waals surface area contributed by atoms with E-state index in [1.54, 1.807) is 0 Å². The number of hydrogen-bond donors (Lipinski definition) is 0. The lowest BCUT2D eigenvalue weighted by atomic mass is 10.2. The van der Waals surface area contributed by atoms with Gasteiger partial charge in [0.2, 0.25) is 0 Å². The topological polar surface area (TPSA) is 18.5 Å². The van der Waals surface area contributed by atoms with Gasteiger partial charge in [-0.1, -0.05) is 43.3 Å². The number of allylic oxidation sites excluding steroid dienone is 1. The molecule has 0 aromatic heterocycles. The first-order valence-electron chi connectivity index (χ1n) is 6.30. The van der Waals surface area contributed by atoms with Crippen molar-refractivity contribution in [3.8, 4) is 0 Å². The van der Waals surface area contributed by atoms with Gasteiger partial charge in [-0.15, -0.1) is 0 Å². The van der Waals surface area contributed by atoms with Gasteiger partial charge >= 0.3 is 9.28 Å². The Morgan fingerprint density at radius 2 is 1.65 bits per heavy atom. The second-order valence-electron chi connectivity index (χ2n) is 3.73. The Kier molecular flexibility index (Phi) is 6.85. The zero-order chi connectivity index (χ0) is 12.5. The molecule has 1 aromatic carbocycles. The van der Waals surface area contributed by atoms with Gasteiger partial charge in [0.05, 0.1) is 0 Å². The van der Waals surface area contributed by atoms with Crippen molar-refractivity contribution in [2.75, 3.05) is 13.2 Å². The summed E-state index contributed by atoms with van der Waals surface area (Å²) >= 11 is 0. The highest BCUT2D eigenvalue weighted by Gasteiger charge is 2.16. The monoisotopic (exact) mass is 250 g/mol. The van der Waals surface area contributed by atoms with E-state index in [1.165, 1.54) is 10.8 Å². The molecule has 0 saturated carbocycles. The zero-order valence-electron chi connectivity index (χ0n) is 11.0. The first-order valence-corrected chi connectivity index (χ1v) is 7.82. The predicted molar refractivity (Wildman–Crippen MR) is 75.1 cm³/mol. The molecule has 1 rings (SSSR count). The van der Waals surface area contributed by atoms with Crippen LogP contribution < -0.4 is 0 Å². The normalized spacial score (nSPS) is 12.1. The first-order chi connectivity index (χ1) is 8.31. The fourth-order valence-electron chi connectivity index (χ4n) is 1.67. The van der Waals surface area contributed by atoms with Crippen LogP contribution in [0.5, 0.6) is 0 Å². The smallest absolute Gasteiger partial charge is 0.351 e. The molecule has 1 aromatic rings. The molecule has 0 N–H and O–H groups in total. The molecule has 2 nitrogen and oxygen atoms in total. The molecule has 0 aliphatic rings. The second kappa shape index (κ2) is 8.23. The van der Waals surface area contributed by atoms with Crippen LogP contribution in [0.15, 0.2) is 35.5 Å². The van der Waals surface area contributed by atoms with Crippen LogP contribution >= 0.6 is 0 Å². The highest BCUT2D eigenvalue weighted by atomic mass is 28.3. The van der Waals surface area contributed by atoms with Crippen LogP contribution in [0.4, 0.5) is 0 Å². The largest absolute Gasteiger partial charge is 0.394 e. The van der Waals surface area contributed by atoms with Crippen LogP contribution in [0, 0.1) is 0 Å². The van der Waals surface area contributed by atoms with Gasteiger partial charge in [-0.05, 0) is 31.0 Å². The van der Waals surface area contributed by atoms with Crippen LogP contribution in [0.2, 0.25) is 0 Å². The highest BCUT2D eigenvalue weighted by Crippen LogP contribution is 2.14. The summed E-state index contributed by atoms with van der Waals surface area (Å²) in [4.78, 5) is 0. The van der Waals surface area contributed by atoms with Crippen molar-refractivity contribution < 1.29 is 8.85 Å². The van der Waals surface area contributed by atoms with E-state index in [1.807, 2.05) is 19.9 Å². The van der Waals surface area contributed by atoms with Crippen LogP contribution in [-0.2, 0) is 8.85 Å². The molecule has 0 spiro atoms. The summed E-state index contributed by atoms with van der Waals surface area (Å²) in [5.41, 5.74) is 1.22. The van der Waals surface area contributed by atoms with Crippen molar-refractivity contribution in [2.45, 2.75) is 27.2 Å². The minimum Gasteiger partial charge on any atom is -0.394 e. The molecule has 0 radical (unpaired) electrons. The third-order valence-corrected chi connectivity index (χ3v) is 4.95. The van der Waals surface area contributed by atoms with Crippen molar-refractivity contribution in [2.24, 2.45) is 0 Å². The van der Waals surface area contributed by atoms with E-state index < -0.39 is 9.28 Å². The van der Waals surface area contributed by atoms with Crippen LogP contribution in [0.3, 0.4) is 0 Å². The fraction of sp³-hybridized carbons (Fsp3) is 0.429. The Bertz CT molecular complexity index is 329. The Hall–Kier alpha value is -0.903. The van der Waals surface area contributed by atoms with Crippen LogP contribution in [-0.4, -0.2) is 22.5 Å². The maximum Gasteiger partial charge on any atom is 0.351 e. The minimum atomic E-state index is -1.66. The summed E-state index contributed by atoms with van der Waals surface area (Å²) < 4.78 is 11.5. The van der Waals surface area contributed by atoms with Crippen molar-refractivity contribution in [1.82, 2.24) is 0 Å². The standard InChI is InChI=1S/C14H22O2Si/c1-4-14(17(15-5-2)16-6-3)12-13-10-8-7-9-11-13/h7-12,17H,4-6H2,1-3H3. The SMILES string of the molecule is CCO[SiH](OCC)C(=Cc1ccccc1)CC. The third kappa shape index (κ3) is 4.85. The van der Waals surface area contributed by atoms with Gasteiger partial charge in [0.25, 0.3) is 0 Å². The fourth-order valence-corrected chi connectivity index (χ4v) is 3.46. The van der Waals surface area contributed by atoms with E-state index in [-0.39, 0.29) is 0 Å². The molecule has 0 unspecified atom stereocenters. The van der Waals surface area contributed by atoms with E-state index >= 15 is 0 Å². The molecular formula is C14H22O2Si. The first kappa shape index (κ1) is 14.2. The van der Waals surface area contributed by atoms with Crippen LogP contribution in [0.25, 0.3) is 6.08 Å². The van der Waals surface area contributed by atoms with Gasteiger partial charge < -0.3 is 8.85 Å². The Labute approximate surface area is 106 Å². The third-order valence-electron chi connectivity index (χ3n) is 2.50. The van der Waals surface area contributed by atoms with Crippen LogP contribution in [0.1, 0.15) is 32.8 Å². The Morgan fingerprint density at radius 3 is 2.12 bits per heavy atom. The zero-order valence-corrected chi connectivity index (χ0v) is 12.1. The number of benzene rings is 1. The molecule has 0 aliphatic carbocycles. The van der Waals surface area contributed by atoms with Gasteiger partial charge in [-0.2, -0.15) is 0 Å². The number of rotatable bonds is 7. The van der Waals surface area contributed by atoms with Crippen molar-refractivity contribution in [1.29, 1.82) is 0 Å². The van der Waals surface area contributed by atoms with Gasteiger partial charge in [-0.25, -0.2) is 0 Å². The molecule has 0 bridgehead atoms. The molecular weight excluding hydrogens is 228 g/mol. The predicted octanol–water partition coefficient (Wildman–Crippen LogP) is 3.31. The van der Waals surface area contributed by atoms with E-state index in [9.17, 15) is 0 Å². The Morgan fingerprint density at radius 1 is 1.06 bits per heavy atom. The second-order valence-corrected chi connectivity index (χ2v) is 5.80. The number of hydrogen-bond acceptors (Lipinski definition) is 2. The van der Waals surface area contributed by atoms with Gasteiger partial charge in [-0.3, -0.25) is 0 Å².